The molecule has 1 amide bonds. The number of aromatic hydroxyl groups is 1. The summed E-state index contributed by atoms with van der Waals surface area (Å²) in [7, 11) is 1.62. The van der Waals surface area contributed by atoms with E-state index in [0.29, 0.717) is 46.7 Å². The largest absolute Gasteiger partial charge is 0.508 e. The molecule has 2 heterocycles. The Kier molecular flexibility index (Phi) is 7.54. The molecule has 0 unspecified atom stereocenters. The molecule has 0 aliphatic carbocycles. The molecule has 2 aromatic carbocycles. The van der Waals surface area contributed by atoms with Crippen LogP contribution in [-0.2, 0) is 9.53 Å². The third-order valence-electron chi connectivity index (χ3n) is 6.03. The average Bonchev–Trinajstić information content (AvgIpc) is 3.35. The predicted octanol–water partition coefficient (Wildman–Crippen LogP) is 4.06. The number of hydrogen-bond acceptors (Lipinski definition) is 5. The second-order valence-corrected chi connectivity index (χ2v) is 8.65. The number of carbonyl (C=O) groups excluding carboxylic acids is 1. The molecule has 1 fully saturated rings. The number of ether oxygens (including phenoxy) is 1. The molecule has 0 saturated carbocycles. The summed E-state index contributed by atoms with van der Waals surface area (Å²) in [6, 6.07) is 10.6. The Hall–Kier alpha value is -3.30. The lowest BCUT2D eigenvalue weighted by Gasteiger charge is -2.33. The summed E-state index contributed by atoms with van der Waals surface area (Å²) in [5.74, 6) is -0.322. The van der Waals surface area contributed by atoms with Crippen molar-refractivity contribution in [1.82, 2.24) is 10.2 Å². The van der Waals surface area contributed by atoms with Crippen LogP contribution < -0.4 is 10.6 Å². The average molecular weight is 483 g/mol. The highest BCUT2D eigenvalue weighted by Gasteiger charge is 2.27. The van der Waals surface area contributed by atoms with Gasteiger partial charge in [0.05, 0.1) is 0 Å². The number of carbonyl (C=O) groups is 1. The van der Waals surface area contributed by atoms with E-state index in [2.05, 4.69) is 20.5 Å². The molecule has 178 valence electrons. The number of likely N-dealkylation sites (tertiary alicyclic amines) is 1. The van der Waals surface area contributed by atoms with Crippen LogP contribution in [0.4, 0.5) is 10.1 Å². The number of piperidine rings is 1. The number of nitrogens with one attached hydrogen (secondary N) is 2. The van der Waals surface area contributed by atoms with E-state index in [1.54, 1.807) is 19.2 Å². The first-order valence-electron chi connectivity index (χ1n) is 11.1. The van der Waals surface area contributed by atoms with Crippen LogP contribution in [0.2, 0.25) is 0 Å². The molecular weight excluding hydrogens is 455 g/mol. The lowest BCUT2D eigenvalue weighted by molar-refractivity contribution is -0.112. The fourth-order valence-electron chi connectivity index (χ4n) is 4.20. The maximum atomic E-state index is 13.9. The predicted molar refractivity (Wildman–Crippen MR) is 134 cm³/mol. The summed E-state index contributed by atoms with van der Waals surface area (Å²) in [6.07, 6.45) is 4.32. The second-order valence-electron chi connectivity index (χ2n) is 8.26. The number of methoxy groups -OCH3 is 1. The van der Waals surface area contributed by atoms with Crippen molar-refractivity contribution < 1.29 is 19.0 Å². The molecule has 7 nitrogen and oxygen atoms in total. The van der Waals surface area contributed by atoms with Crippen LogP contribution in [0.5, 0.6) is 5.75 Å². The molecule has 0 radical (unpaired) electrons. The van der Waals surface area contributed by atoms with Crippen LogP contribution in [-0.4, -0.2) is 53.7 Å². The van der Waals surface area contributed by atoms with E-state index < -0.39 is 5.82 Å². The number of rotatable bonds is 6. The lowest BCUT2D eigenvalue weighted by Crippen LogP contribution is -2.45. The maximum absolute atomic E-state index is 13.9. The monoisotopic (exact) mass is 482 g/mol. The molecule has 0 atom stereocenters. The molecule has 2 aliphatic rings. The first kappa shape index (κ1) is 23.8. The van der Waals surface area contributed by atoms with Crippen LogP contribution in [0, 0.1) is 11.7 Å². The fourth-order valence-corrected chi connectivity index (χ4v) is 4.44. The molecule has 2 aromatic rings. The zero-order valence-corrected chi connectivity index (χ0v) is 19.7. The van der Waals surface area contributed by atoms with Crippen molar-refractivity contribution in [2.24, 2.45) is 10.9 Å². The lowest BCUT2D eigenvalue weighted by atomic mass is 9.91. The minimum absolute atomic E-state index is 0.114. The van der Waals surface area contributed by atoms with Crippen molar-refractivity contribution in [2.75, 3.05) is 32.2 Å². The molecule has 3 N–H and O–H groups in total. The second kappa shape index (κ2) is 10.8. The Morgan fingerprint density at radius 1 is 1.24 bits per heavy atom. The highest BCUT2D eigenvalue weighted by atomic mass is 32.1. The van der Waals surface area contributed by atoms with Gasteiger partial charge in [-0.1, -0.05) is 12.1 Å². The molecule has 34 heavy (non-hydrogen) atoms. The minimum atomic E-state index is -0.412. The van der Waals surface area contributed by atoms with Gasteiger partial charge in [-0.2, -0.15) is 0 Å². The Balaban J connectivity index is 1.40. The summed E-state index contributed by atoms with van der Waals surface area (Å²) in [6.45, 7) is 2.04. The smallest absolute Gasteiger partial charge is 0.273 e. The van der Waals surface area contributed by atoms with Gasteiger partial charge in [0, 0.05) is 49.5 Å². The van der Waals surface area contributed by atoms with E-state index in [4.69, 9.17) is 17.0 Å². The SMILES string of the molecule is COCNC(=S)N1CCC(C2=NC(C(=O)Nc3ccc(F)cc3-c3ccc(O)cc3)=CC2)CC1. The number of phenolic OH excluding ortho intramolecular Hbond substituents is 1. The summed E-state index contributed by atoms with van der Waals surface area (Å²) >= 11 is 5.39. The molecule has 0 bridgehead atoms. The van der Waals surface area contributed by atoms with E-state index in [0.717, 1.165) is 31.6 Å². The van der Waals surface area contributed by atoms with Crippen molar-refractivity contribution in [3.63, 3.8) is 0 Å². The van der Waals surface area contributed by atoms with E-state index in [1.807, 2.05) is 6.08 Å². The molecule has 1 saturated heterocycles. The molecule has 2 aliphatic heterocycles. The van der Waals surface area contributed by atoms with Crippen molar-refractivity contribution >= 4 is 34.6 Å². The van der Waals surface area contributed by atoms with Crippen LogP contribution in [0.3, 0.4) is 0 Å². The number of benzene rings is 2. The number of thiocarbonyl (C=S) groups is 1. The number of phenols is 1. The first-order valence-corrected chi connectivity index (χ1v) is 11.5. The number of hydrogen-bond donors (Lipinski definition) is 3. The van der Waals surface area contributed by atoms with E-state index in [1.165, 1.54) is 30.3 Å². The van der Waals surface area contributed by atoms with Gasteiger partial charge in [-0.15, -0.1) is 0 Å². The number of halogens is 1. The van der Waals surface area contributed by atoms with E-state index in [9.17, 15) is 14.3 Å². The van der Waals surface area contributed by atoms with Gasteiger partial charge in [-0.25, -0.2) is 4.39 Å². The standard InChI is InChI=1S/C25H27FN4O3S/c1-33-15-27-25(34)30-12-10-17(11-13-30)21-8-9-23(28-21)24(32)29-22-7-4-18(26)14-20(22)16-2-5-19(31)6-3-16/h2-7,9,14,17,31H,8,10-13,15H2,1H3,(H,27,34)(H,29,32). The van der Waals surface area contributed by atoms with Gasteiger partial charge in [-0.05, 0) is 67.0 Å². The van der Waals surface area contributed by atoms with Gasteiger partial charge in [0.1, 0.15) is 24.0 Å². The third-order valence-corrected chi connectivity index (χ3v) is 6.43. The maximum Gasteiger partial charge on any atom is 0.273 e. The molecule has 0 spiro atoms. The van der Waals surface area contributed by atoms with Gasteiger partial charge in [-0.3, -0.25) is 9.79 Å². The molecule has 0 aromatic heterocycles. The van der Waals surface area contributed by atoms with Crippen molar-refractivity contribution in [3.8, 4) is 16.9 Å². The van der Waals surface area contributed by atoms with Crippen LogP contribution in [0.15, 0.2) is 59.2 Å². The number of allylic oxidation sites excluding steroid dienone is 1. The van der Waals surface area contributed by atoms with Gasteiger partial charge >= 0.3 is 0 Å². The minimum Gasteiger partial charge on any atom is -0.508 e. The Bertz CT molecular complexity index is 1130. The Morgan fingerprint density at radius 2 is 1.97 bits per heavy atom. The summed E-state index contributed by atoms with van der Waals surface area (Å²) in [5, 5.41) is 16.2. The van der Waals surface area contributed by atoms with Crippen LogP contribution in [0.25, 0.3) is 11.1 Å². The zero-order chi connectivity index (χ0) is 24.1. The summed E-state index contributed by atoms with van der Waals surface area (Å²) < 4.78 is 18.9. The van der Waals surface area contributed by atoms with Gasteiger partial charge < -0.3 is 25.4 Å². The van der Waals surface area contributed by atoms with Crippen molar-refractivity contribution in [3.05, 3.63) is 60.1 Å². The van der Waals surface area contributed by atoms with Crippen molar-refractivity contribution in [2.45, 2.75) is 19.3 Å². The number of aliphatic imine (C=N–C) groups is 1. The summed E-state index contributed by atoms with van der Waals surface area (Å²) in [4.78, 5) is 19.7. The van der Waals surface area contributed by atoms with E-state index >= 15 is 0 Å². The van der Waals surface area contributed by atoms with Crippen LogP contribution >= 0.6 is 12.2 Å². The molecular formula is C25H27FN4O3S. The third kappa shape index (κ3) is 5.60. The highest BCUT2D eigenvalue weighted by Crippen LogP contribution is 2.31. The van der Waals surface area contributed by atoms with Gasteiger partial charge in [0.25, 0.3) is 5.91 Å². The zero-order valence-electron chi connectivity index (χ0n) is 18.9. The van der Waals surface area contributed by atoms with Crippen LogP contribution in [0.1, 0.15) is 19.3 Å². The van der Waals surface area contributed by atoms with E-state index in [-0.39, 0.29) is 11.7 Å². The normalized spacial score (nSPS) is 16.1. The highest BCUT2D eigenvalue weighted by molar-refractivity contribution is 7.80. The number of nitrogens with zero attached hydrogens (tertiary/aromatic N) is 2. The fraction of sp³-hybridized carbons (Fsp3) is 0.320. The first-order chi connectivity index (χ1) is 16.4. The Morgan fingerprint density at radius 3 is 2.68 bits per heavy atom. The summed E-state index contributed by atoms with van der Waals surface area (Å²) in [5.41, 5.74) is 3.07. The van der Waals surface area contributed by atoms with Gasteiger partial charge in [0.15, 0.2) is 5.11 Å². The topological polar surface area (TPSA) is 86.2 Å². The molecule has 4 rings (SSSR count). The Labute approximate surface area is 203 Å². The van der Waals surface area contributed by atoms with Crippen molar-refractivity contribution in [1.29, 1.82) is 0 Å². The van der Waals surface area contributed by atoms with Gasteiger partial charge in [0.2, 0.25) is 0 Å². The number of anilines is 1. The molecule has 9 heteroatoms. The number of amides is 1. The quantitative estimate of drug-likeness (QED) is 0.425.